The number of hydrazone groups is 1. The lowest BCUT2D eigenvalue weighted by Gasteiger charge is -2.25. The second kappa shape index (κ2) is 11.3. The minimum Gasteiger partial charge on any atom is -0.476 e. The summed E-state index contributed by atoms with van der Waals surface area (Å²) in [4.78, 5) is 36.8. The van der Waals surface area contributed by atoms with Gasteiger partial charge in [-0.05, 0) is 42.0 Å². The number of carboxylic acid groups (broad SMARTS) is 1. The average Bonchev–Trinajstić information content (AvgIpc) is 3.63. The molecule has 2 heterocycles. The van der Waals surface area contributed by atoms with Crippen LogP contribution in [0.5, 0.6) is 0 Å². The van der Waals surface area contributed by atoms with Gasteiger partial charge in [-0.2, -0.15) is 0 Å². The molecule has 2 aromatic carbocycles. The number of aromatic nitrogens is 1. The van der Waals surface area contributed by atoms with Gasteiger partial charge in [-0.25, -0.2) is 9.80 Å². The van der Waals surface area contributed by atoms with Gasteiger partial charge in [0, 0.05) is 11.6 Å². The number of hydrogen-bond donors (Lipinski definition) is 2. The minimum atomic E-state index is -1.18. The van der Waals surface area contributed by atoms with E-state index in [1.54, 1.807) is 0 Å². The van der Waals surface area contributed by atoms with Crippen LogP contribution in [0.4, 0.5) is 0 Å². The Labute approximate surface area is 219 Å². The number of hydrogen-bond acceptors (Lipinski definition) is 7. The lowest BCUT2D eigenvalue weighted by molar-refractivity contribution is -0.136. The normalized spacial score (nSPS) is 16.6. The smallest absolute Gasteiger partial charge is 0.358 e. The Hall–Kier alpha value is -4.47. The first-order valence-corrected chi connectivity index (χ1v) is 12.6. The van der Waals surface area contributed by atoms with Gasteiger partial charge in [-0.15, -0.1) is 5.10 Å². The number of nitrogens with zero attached hydrogens (tertiary/aromatic N) is 3. The van der Waals surface area contributed by atoms with E-state index in [9.17, 15) is 14.4 Å². The molecule has 2 aliphatic rings. The molecular weight excluding hydrogens is 488 g/mol. The van der Waals surface area contributed by atoms with E-state index < -0.39 is 5.97 Å². The number of benzene rings is 2. The standard InChI is InChI=1S/C28H28N4O6/c33-24-17-37-27(21-8-2-1-3-9-21)30-32(24)16-18-10-12-20(13-11-18)25(19-6-4-5-7-19)26(34)29-15-22-14-23(28(35)36)31-38-22/h1-3,8-14,19,25H,4-7,15-17H2,(H,29,34)(H,35,36). The summed E-state index contributed by atoms with van der Waals surface area (Å²) in [7, 11) is 0. The number of aromatic carboxylic acids is 1. The van der Waals surface area contributed by atoms with Crippen molar-refractivity contribution in [2.24, 2.45) is 11.0 Å². The number of rotatable bonds is 9. The van der Waals surface area contributed by atoms with Crippen molar-refractivity contribution in [1.29, 1.82) is 0 Å². The van der Waals surface area contributed by atoms with Crippen LogP contribution in [0, 0.1) is 5.92 Å². The van der Waals surface area contributed by atoms with E-state index in [-0.39, 0.29) is 54.8 Å². The maximum absolute atomic E-state index is 13.3. The summed E-state index contributed by atoms with van der Waals surface area (Å²) in [6.45, 7) is 0.271. The van der Waals surface area contributed by atoms with E-state index in [0.29, 0.717) is 5.90 Å². The number of carbonyl (C=O) groups is 3. The van der Waals surface area contributed by atoms with Crippen LogP contribution in [-0.4, -0.2) is 45.6 Å². The van der Waals surface area contributed by atoms with Crippen LogP contribution in [0.2, 0.25) is 0 Å². The fourth-order valence-electron chi connectivity index (χ4n) is 4.96. The van der Waals surface area contributed by atoms with Crippen molar-refractivity contribution in [2.75, 3.05) is 6.61 Å². The van der Waals surface area contributed by atoms with Crippen LogP contribution in [0.1, 0.15) is 64.5 Å². The molecule has 1 fully saturated rings. The topological polar surface area (TPSA) is 134 Å². The zero-order valence-electron chi connectivity index (χ0n) is 20.7. The highest BCUT2D eigenvalue weighted by Crippen LogP contribution is 2.37. The van der Waals surface area contributed by atoms with Crippen molar-refractivity contribution in [3.8, 4) is 0 Å². The zero-order chi connectivity index (χ0) is 26.5. The van der Waals surface area contributed by atoms with Crippen molar-refractivity contribution in [3.05, 3.63) is 88.8 Å². The molecule has 5 rings (SSSR count). The Bertz CT molecular complexity index is 1330. The predicted molar refractivity (Wildman–Crippen MR) is 136 cm³/mol. The third-order valence-electron chi connectivity index (χ3n) is 6.89. The maximum atomic E-state index is 13.3. The molecule has 3 aromatic rings. The van der Waals surface area contributed by atoms with Crippen LogP contribution >= 0.6 is 0 Å². The van der Waals surface area contributed by atoms with Crippen molar-refractivity contribution in [2.45, 2.75) is 44.7 Å². The van der Waals surface area contributed by atoms with E-state index in [2.05, 4.69) is 15.6 Å². The van der Waals surface area contributed by atoms with Crippen molar-refractivity contribution in [3.63, 3.8) is 0 Å². The van der Waals surface area contributed by atoms with Gasteiger partial charge in [0.1, 0.15) is 0 Å². The summed E-state index contributed by atoms with van der Waals surface area (Å²) in [6, 6.07) is 18.4. The van der Waals surface area contributed by atoms with Crippen LogP contribution in [0.25, 0.3) is 0 Å². The summed E-state index contributed by atoms with van der Waals surface area (Å²) in [5, 5.41) is 21.2. The zero-order valence-corrected chi connectivity index (χ0v) is 20.7. The quantitative estimate of drug-likeness (QED) is 0.443. The minimum absolute atomic E-state index is 0.0569. The number of ether oxygens (including phenoxy) is 1. The second-order valence-corrected chi connectivity index (χ2v) is 9.48. The highest BCUT2D eigenvalue weighted by Gasteiger charge is 2.32. The molecule has 0 saturated heterocycles. The molecule has 1 aliphatic carbocycles. The second-order valence-electron chi connectivity index (χ2n) is 9.48. The average molecular weight is 517 g/mol. The molecule has 10 heteroatoms. The molecule has 1 unspecified atom stereocenters. The summed E-state index contributed by atoms with van der Waals surface area (Å²) in [5.74, 6) is -1.00. The highest BCUT2D eigenvalue weighted by molar-refractivity contribution is 5.97. The third-order valence-corrected chi connectivity index (χ3v) is 6.89. The lowest BCUT2D eigenvalue weighted by atomic mass is 9.83. The highest BCUT2D eigenvalue weighted by atomic mass is 16.5. The summed E-state index contributed by atoms with van der Waals surface area (Å²) in [6.07, 6.45) is 4.09. The van der Waals surface area contributed by atoms with Gasteiger partial charge in [0.05, 0.1) is 19.0 Å². The van der Waals surface area contributed by atoms with Crippen molar-refractivity contribution >= 4 is 23.7 Å². The van der Waals surface area contributed by atoms with Crippen LogP contribution in [0.3, 0.4) is 0 Å². The summed E-state index contributed by atoms with van der Waals surface area (Å²) in [5.41, 5.74) is 2.38. The van der Waals surface area contributed by atoms with E-state index in [1.165, 1.54) is 11.1 Å². The molecule has 1 aliphatic heterocycles. The molecule has 38 heavy (non-hydrogen) atoms. The first-order chi connectivity index (χ1) is 18.5. The van der Waals surface area contributed by atoms with E-state index in [4.69, 9.17) is 14.4 Å². The molecule has 2 N–H and O–H groups in total. The SMILES string of the molecule is O=C(O)c1cc(CNC(=O)C(c2ccc(CN3N=C(c4ccccc4)OCC3=O)cc2)C2CCCC2)on1. The Morgan fingerprint density at radius 1 is 1.08 bits per heavy atom. The summed E-state index contributed by atoms with van der Waals surface area (Å²) >= 11 is 0. The first kappa shape index (κ1) is 25.2. The monoisotopic (exact) mass is 516 g/mol. The fraction of sp³-hybridized carbons (Fsp3) is 0.321. The van der Waals surface area contributed by atoms with E-state index >= 15 is 0 Å². The van der Waals surface area contributed by atoms with Gasteiger partial charge in [-0.3, -0.25) is 9.59 Å². The number of carboxylic acids is 1. The molecule has 1 aromatic heterocycles. The van der Waals surface area contributed by atoms with Gasteiger partial charge >= 0.3 is 5.97 Å². The Morgan fingerprint density at radius 2 is 1.82 bits per heavy atom. The predicted octanol–water partition coefficient (Wildman–Crippen LogP) is 3.68. The van der Waals surface area contributed by atoms with Gasteiger partial charge in [0.2, 0.25) is 11.8 Å². The summed E-state index contributed by atoms with van der Waals surface area (Å²) < 4.78 is 10.5. The van der Waals surface area contributed by atoms with E-state index in [1.807, 2.05) is 54.6 Å². The third kappa shape index (κ3) is 5.74. The molecular formula is C28H28N4O6. The van der Waals surface area contributed by atoms with E-state index in [0.717, 1.165) is 42.4 Å². The Balaban J connectivity index is 1.28. The molecule has 196 valence electrons. The van der Waals surface area contributed by atoms with Gasteiger partial charge in [0.25, 0.3) is 5.91 Å². The molecule has 2 amide bonds. The molecule has 1 atom stereocenters. The number of carbonyl (C=O) groups excluding carboxylic acids is 2. The van der Waals surface area contributed by atoms with Gasteiger partial charge < -0.3 is 19.7 Å². The molecule has 10 nitrogen and oxygen atoms in total. The molecule has 1 saturated carbocycles. The first-order valence-electron chi connectivity index (χ1n) is 12.6. The fourth-order valence-corrected chi connectivity index (χ4v) is 4.96. The van der Waals surface area contributed by atoms with Crippen LogP contribution in [-0.2, 0) is 27.4 Å². The van der Waals surface area contributed by atoms with Gasteiger partial charge in [-0.1, -0.05) is 60.5 Å². The Kier molecular flexibility index (Phi) is 7.48. The molecule has 0 radical (unpaired) electrons. The van der Waals surface area contributed by atoms with Gasteiger partial charge in [0.15, 0.2) is 18.1 Å². The van der Waals surface area contributed by atoms with Crippen LogP contribution < -0.4 is 5.32 Å². The van der Waals surface area contributed by atoms with Crippen LogP contribution in [0.15, 0.2) is 70.3 Å². The lowest BCUT2D eigenvalue weighted by Crippen LogP contribution is -2.36. The number of nitrogens with one attached hydrogen (secondary N) is 1. The largest absolute Gasteiger partial charge is 0.476 e. The van der Waals surface area contributed by atoms with Crippen molar-refractivity contribution in [1.82, 2.24) is 15.5 Å². The number of amides is 2. The molecule has 0 bridgehead atoms. The van der Waals surface area contributed by atoms with Crippen molar-refractivity contribution < 1.29 is 28.8 Å². The maximum Gasteiger partial charge on any atom is 0.358 e. The molecule has 0 spiro atoms. The Morgan fingerprint density at radius 3 is 2.50 bits per heavy atom.